The van der Waals surface area contributed by atoms with E-state index in [0.717, 1.165) is 13.0 Å². The predicted octanol–water partition coefficient (Wildman–Crippen LogP) is 2.62. The van der Waals surface area contributed by atoms with Crippen molar-refractivity contribution >= 4 is 0 Å². The molecule has 0 N–H and O–H groups in total. The molecule has 2 aliphatic heterocycles. The quantitative estimate of drug-likeness (QED) is 0.721. The van der Waals surface area contributed by atoms with Crippen molar-refractivity contribution in [3.8, 4) is 0 Å². The van der Waals surface area contributed by atoms with Gasteiger partial charge in [0, 0.05) is 12.6 Å². The Morgan fingerprint density at radius 1 is 1.44 bits per heavy atom. The number of rotatable bonds is 2. The van der Waals surface area contributed by atoms with Crippen molar-refractivity contribution in [1.82, 2.24) is 4.90 Å². The lowest BCUT2D eigenvalue weighted by atomic mass is 9.71. The second kappa shape index (κ2) is 3.95. The fraction of sp³-hybridized carbons (Fsp3) is 1.00. The highest BCUT2D eigenvalue weighted by Crippen LogP contribution is 2.53. The van der Waals surface area contributed by atoms with Gasteiger partial charge in [0.1, 0.15) is 6.17 Å². The van der Waals surface area contributed by atoms with Gasteiger partial charge in [0.25, 0.3) is 0 Å². The van der Waals surface area contributed by atoms with Crippen molar-refractivity contribution in [2.24, 2.45) is 5.41 Å². The molecule has 2 nitrogen and oxygen atoms in total. The summed E-state index contributed by atoms with van der Waals surface area (Å²) in [6, 6.07) is -0.0216. The highest BCUT2D eigenvalue weighted by atomic mass is 19.1. The third-order valence-electron chi connectivity index (χ3n) is 4.62. The molecule has 0 aromatic rings. The second-order valence-corrected chi connectivity index (χ2v) is 6.32. The fourth-order valence-corrected chi connectivity index (χ4v) is 3.73. The van der Waals surface area contributed by atoms with E-state index in [9.17, 15) is 4.39 Å². The fourth-order valence-electron chi connectivity index (χ4n) is 3.73. The summed E-state index contributed by atoms with van der Waals surface area (Å²) < 4.78 is 19.3. The third-order valence-corrected chi connectivity index (χ3v) is 4.62. The first-order chi connectivity index (χ1) is 7.42. The minimum Gasteiger partial charge on any atom is -0.383 e. The summed E-state index contributed by atoms with van der Waals surface area (Å²) in [6.45, 7) is 8.29. The zero-order chi connectivity index (χ0) is 12.0. The normalized spacial score (nSPS) is 40.3. The summed E-state index contributed by atoms with van der Waals surface area (Å²) in [5, 5.41) is 0. The Morgan fingerprint density at radius 3 is 2.69 bits per heavy atom. The molecule has 0 aromatic heterocycles. The lowest BCUT2D eigenvalue weighted by Crippen LogP contribution is -2.52. The molecule has 0 spiro atoms. The molecule has 0 aromatic carbocycles. The monoisotopic (exact) mass is 229 g/mol. The van der Waals surface area contributed by atoms with E-state index < -0.39 is 6.17 Å². The molecule has 0 radical (unpaired) electrons. The maximum atomic E-state index is 14.1. The van der Waals surface area contributed by atoms with E-state index >= 15 is 0 Å². The Kier molecular flexibility index (Phi) is 3.04. The molecule has 0 aliphatic carbocycles. The molecule has 16 heavy (non-hydrogen) atoms. The summed E-state index contributed by atoms with van der Waals surface area (Å²) in [5.41, 5.74) is 0.214. The number of halogens is 1. The van der Waals surface area contributed by atoms with Crippen molar-refractivity contribution in [3.05, 3.63) is 0 Å². The second-order valence-electron chi connectivity index (χ2n) is 6.32. The van der Waals surface area contributed by atoms with E-state index in [1.165, 1.54) is 6.42 Å². The van der Waals surface area contributed by atoms with Crippen molar-refractivity contribution in [1.29, 1.82) is 0 Å². The molecule has 0 bridgehead atoms. The van der Waals surface area contributed by atoms with E-state index in [0.29, 0.717) is 13.0 Å². The smallest absolute Gasteiger partial charge is 0.120 e. The number of hydrogen-bond donors (Lipinski definition) is 0. The predicted molar refractivity (Wildman–Crippen MR) is 63.3 cm³/mol. The van der Waals surface area contributed by atoms with Crippen molar-refractivity contribution in [2.45, 2.75) is 57.8 Å². The number of ether oxygens (including phenoxy) is 1. The average molecular weight is 229 g/mol. The van der Waals surface area contributed by atoms with Crippen LogP contribution in [0.15, 0.2) is 0 Å². The van der Waals surface area contributed by atoms with Crippen LogP contribution < -0.4 is 0 Å². The molecule has 94 valence electrons. The van der Waals surface area contributed by atoms with Crippen molar-refractivity contribution in [3.63, 3.8) is 0 Å². The summed E-state index contributed by atoms with van der Waals surface area (Å²) in [5.74, 6) is 0. The zero-order valence-electron chi connectivity index (χ0n) is 10.9. The van der Waals surface area contributed by atoms with E-state index in [4.69, 9.17) is 4.74 Å². The van der Waals surface area contributed by atoms with E-state index in [-0.39, 0.29) is 17.0 Å². The van der Waals surface area contributed by atoms with Gasteiger partial charge in [-0.05, 0) is 31.2 Å². The van der Waals surface area contributed by atoms with Gasteiger partial charge in [0.05, 0.1) is 12.6 Å². The minimum absolute atomic E-state index is 0.0216. The first-order valence-electron chi connectivity index (χ1n) is 6.32. The Hall–Kier alpha value is -0.150. The Morgan fingerprint density at radius 2 is 2.12 bits per heavy atom. The van der Waals surface area contributed by atoms with Gasteiger partial charge in [-0.25, -0.2) is 4.39 Å². The standard InChI is InChI=1S/C13H24FNO/c1-12(2,3)13-6-5-7-15(13)11(9-16-4)10(14)8-13/h10-11H,5-9H2,1-4H3. The van der Waals surface area contributed by atoms with Crippen LogP contribution in [0.4, 0.5) is 4.39 Å². The lowest BCUT2D eigenvalue weighted by Gasteiger charge is -2.45. The van der Waals surface area contributed by atoms with Gasteiger partial charge >= 0.3 is 0 Å². The van der Waals surface area contributed by atoms with Crippen LogP contribution in [-0.2, 0) is 4.74 Å². The molecule has 3 atom stereocenters. The van der Waals surface area contributed by atoms with Crippen LogP contribution in [0.3, 0.4) is 0 Å². The van der Waals surface area contributed by atoms with Crippen LogP contribution in [-0.4, -0.2) is 42.9 Å². The first kappa shape index (κ1) is 12.3. The molecule has 2 saturated heterocycles. The average Bonchev–Trinajstić information content (AvgIpc) is 2.66. The summed E-state index contributed by atoms with van der Waals surface area (Å²) in [7, 11) is 1.67. The van der Waals surface area contributed by atoms with Gasteiger partial charge in [-0.15, -0.1) is 0 Å². The van der Waals surface area contributed by atoms with Crippen LogP contribution in [0.1, 0.15) is 40.0 Å². The number of nitrogens with zero attached hydrogens (tertiary/aromatic N) is 1. The maximum absolute atomic E-state index is 14.1. The molecule has 2 heterocycles. The van der Waals surface area contributed by atoms with Crippen LogP contribution in [0, 0.1) is 5.41 Å². The molecule has 2 fully saturated rings. The lowest BCUT2D eigenvalue weighted by molar-refractivity contribution is 0.0165. The Bertz CT molecular complexity index is 263. The number of hydrogen-bond acceptors (Lipinski definition) is 2. The van der Waals surface area contributed by atoms with Gasteiger partial charge < -0.3 is 4.74 Å². The highest BCUT2D eigenvalue weighted by molar-refractivity contribution is 5.13. The maximum Gasteiger partial charge on any atom is 0.120 e. The van der Waals surface area contributed by atoms with Gasteiger partial charge in [-0.1, -0.05) is 20.8 Å². The SMILES string of the molecule is COCC1C(F)CC2(C(C)(C)C)CCCN12. The van der Waals surface area contributed by atoms with E-state index in [1.807, 2.05) is 0 Å². The summed E-state index contributed by atoms with van der Waals surface area (Å²) in [6.07, 6.45) is 2.30. The van der Waals surface area contributed by atoms with Gasteiger partial charge in [0.2, 0.25) is 0 Å². The molecule has 0 saturated carbocycles. The van der Waals surface area contributed by atoms with Crippen molar-refractivity contribution in [2.75, 3.05) is 20.3 Å². The minimum atomic E-state index is -0.723. The summed E-state index contributed by atoms with van der Waals surface area (Å²) >= 11 is 0. The Balaban J connectivity index is 2.27. The molecule has 0 amide bonds. The number of methoxy groups -OCH3 is 1. The molecule has 3 heteroatoms. The van der Waals surface area contributed by atoms with Gasteiger partial charge in [-0.3, -0.25) is 4.90 Å². The highest BCUT2D eigenvalue weighted by Gasteiger charge is 2.59. The Labute approximate surface area is 98.1 Å². The zero-order valence-corrected chi connectivity index (χ0v) is 10.9. The molecular weight excluding hydrogens is 205 g/mol. The molecule has 2 rings (SSSR count). The molecule has 3 unspecified atom stereocenters. The van der Waals surface area contributed by atoms with Crippen molar-refractivity contribution < 1.29 is 9.13 Å². The van der Waals surface area contributed by atoms with Crippen LogP contribution in [0.25, 0.3) is 0 Å². The van der Waals surface area contributed by atoms with Gasteiger partial charge in [0.15, 0.2) is 0 Å². The molecule has 2 aliphatic rings. The summed E-state index contributed by atoms with van der Waals surface area (Å²) in [4.78, 5) is 2.39. The van der Waals surface area contributed by atoms with Gasteiger partial charge in [-0.2, -0.15) is 0 Å². The number of fused-ring (bicyclic) bond motifs is 1. The van der Waals surface area contributed by atoms with E-state index in [1.54, 1.807) is 7.11 Å². The van der Waals surface area contributed by atoms with E-state index in [2.05, 4.69) is 25.7 Å². The largest absolute Gasteiger partial charge is 0.383 e. The first-order valence-corrected chi connectivity index (χ1v) is 6.32. The molecular formula is C13H24FNO. The van der Waals surface area contributed by atoms with Crippen LogP contribution in [0.2, 0.25) is 0 Å². The van der Waals surface area contributed by atoms with Crippen LogP contribution >= 0.6 is 0 Å². The third kappa shape index (κ3) is 1.60. The number of alkyl halides is 1. The van der Waals surface area contributed by atoms with Crippen LogP contribution in [0.5, 0.6) is 0 Å². The topological polar surface area (TPSA) is 12.5 Å².